The van der Waals surface area contributed by atoms with Crippen LogP contribution in [0.4, 0.5) is 16.2 Å². The molecule has 0 bridgehead atoms. The Bertz CT molecular complexity index is 639. The molecule has 4 heteroatoms. The molecule has 19 heavy (non-hydrogen) atoms. The molecule has 1 aliphatic heterocycles. The first-order chi connectivity index (χ1) is 9.18. The van der Waals surface area contributed by atoms with Gasteiger partial charge >= 0.3 is 6.09 Å². The van der Waals surface area contributed by atoms with Crippen molar-refractivity contribution in [1.29, 1.82) is 0 Å². The first-order valence-electron chi connectivity index (χ1n) is 6.06. The highest BCUT2D eigenvalue weighted by molar-refractivity contribution is 5.97. The van der Waals surface area contributed by atoms with E-state index < -0.39 is 12.2 Å². The Kier molecular flexibility index (Phi) is 2.72. The summed E-state index contributed by atoms with van der Waals surface area (Å²) in [6.07, 6.45) is -1.33. The number of anilines is 2. The van der Waals surface area contributed by atoms with Crippen molar-refractivity contribution in [2.24, 2.45) is 0 Å². The summed E-state index contributed by atoms with van der Waals surface area (Å²) >= 11 is 0. The molecule has 0 unspecified atom stereocenters. The van der Waals surface area contributed by atoms with E-state index in [0.29, 0.717) is 23.4 Å². The molecule has 0 radical (unpaired) electrons. The second-order valence-electron chi connectivity index (χ2n) is 4.53. The van der Waals surface area contributed by atoms with Gasteiger partial charge in [0.05, 0.1) is 17.5 Å². The number of carboxylic acid groups (broad SMARTS) is 1. The number of hydrogen-bond donors (Lipinski definition) is 2. The lowest BCUT2D eigenvalue weighted by molar-refractivity contribution is 0.180. The van der Waals surface area contributed by atoms with Gasteiger partial charge in [0, 0.05) is 12.0 Å². The van der Waals surface area contributed by atoms with Crippen LogP contribution in [-0.2, 0) is 6.42 Å². The first-order valence-corrected chi connectivity index (χ1v) is 6.06. The van der Waals surface area contributed by atoms with E-state index in [1.807, 2.05) is 12.1 Å². The van der Waals surface area contributed by atoms with Gasteiger partial charge in [-0.2, -0.15) is 0 Å². The Morgan fingerprint density at radius 3 is 2.42 bits per heavy atom. The molecule has 0 saturated heterocycles. The molecule has 2 aromatic rings. The van der Waals surface area contributed by atoms with E-state index in [1.165, 1.54) is 4.90 Å². The van der Waals surface area contributed by atoms with Crippen molar-refractivity contribution in [3.05, 3.63) is 59.7 Å². The van der Waals surface area contributed by atoms with Crippen molar-refractivity contribution in [2.75, 3.05) is 4.90 Å². The SMILES string of the molecule is O=C(O)N1c2ccccc2C[C@H](O)c2ccccc21. The summed E-state index contributed by atoms with van der Waals surface area (Å²) in [5, 5.41) is 19.8. The molecule has 96 valence electrons. The van der Waals surface area contributed by atoms with E-state index in [4.69, 9.17) is 0 Å². The van der Waals surface area contributed by atoms with Gasteiger partial charge in [0.1, 0.15) is 0 Å². The zero-order valence-electron chi connectivity index (χ0n) is 10.2. The highest BCUT2D eigenvalue weighted by atomic mass is 16.4. The molecule has 1 atom stereocenters. The lowest BCUT2D eigenvalue weighted by Crippen LogP contribution is -2.24. The van der Waals surface area contributed by atoms with E-state index >= 15 is 0 Å². The molecule has 1 heterocycles. The molecule has 0 saturated carbocycles. The first kappa shape index (κ1) is 11.7. The summed E-state index contributed by atoms with van der Waals surface area (Å²) in [6.45, 7) is 0. The van der Waals surface area contributed by atoms with Crippen LogP contribution >= 0.6 is 0 Å². The summed E-state index contributed by atoms with van der Waals surface area (Å²) in [5.41, 5.74) is 2.60. The molecule has 1 amide bonds. The van der Waals surface area contributed by atoms with Crippen molar-refractivity contribution < 1.29 is 15.0 Å². The molecule has 2 N–H and O–H groups in total. The maximum atomic E-state index is 11.6. The minimum absolute atomic E-state index is 0.414. The smallest absolute Gasteiger partial charge is 0.416 e. The molecule has 0 aliphatic carbocycles. The molecule has 0 fully saturated rings. The number of para-hydroxylation sites is 2. The van der Waals surface area contributed by atoms with Crippen LogP contribution in [-0.4, -0.2) is 16.3 Å². The van der Waals surface area contributed by atoms with Gasteiger partial charge in [-0.3, -0.25) is 0 Å². The van der Waals surface area contributed by atoms with Crippen molar-refractivity contribution in [3.63, 3.8) is 0 Å². The number of benzene rings is 2. The highest BCUT2D eigenvalue weighted by Crippen LogP contribution is 2.39. The third kappa shape index (κ3) is 1.86. The molecule has 4 nitrogen and oxygen atoms in total. The largest absolute Gasteiger partial charge is 0.464 e. The van der Waals surface area contributed by atoms with Crippen LogP contribution in [0.3, 0.4) is 0 Å². The van der Waals surface area contributed by atoms with Crippen molar-refractivity contribution in [2.45, 2.75) is 12.5 Å². The van der Waals surface area contributed by atoms with Crippen molar-refractivity contribution >= 4 is 17.5 Å². The Balaban J connectivity index is 2.28. The van der Waals surface area contributed by atoms with Gasteiger partial charge in [0.15, 0.2) is 0 Å². The van der Waals surface area contributed by atoms with Crippen molar-refractivity contribution in [3.8, 4) is 0 Å². The van der Waals surface area contributed by atoms with Gasteiger partial charge in [0.25, 0.3) is 0 Å². The molecular weight excluding hydrogens is 242 g/mol. The fraction of sp³-hybridized carbons (Fsp3) is 0.133. The van der Waals surface area contributed by atoms with E-state index in [9.17, 15) is 15.0 Å². The molecule has 3 rings (SSSR count). The normalized spacial score (nSPS) is 17.3. The minimum atomic E-state index is -1.05. The topological polar surface area (TPSA) is 60.8 Å². The van der Waals surface area contributed by atoms with Gasteiger partial charge in [-0.25, -0.2) is 9.69 Å². The zero-order valence-corrected chi connectivity index (χ0v) is 10.2. The average molecular weight is 255 g/mol. The van der Waals surface area contributed by atoms with Gasteiger partial charge in [-0.1, -0.05) is 36.4 Å². The van der Waals surface area contributed by atoms with Crippen LogP contribution in [0.5, 0.6) is 0 Å². The number of rotatable bonds is 0. The van der Waals surface area contributed by atoms with E-state index in [2.05, 4.69) is 0 Å². The fourth-order valence-corrected chi connectivity index (χ4v) is 2.53. The Hall–Kier alpha value is -2.33. The Labute approximate surface area is 110 Å². The van der Waals surface area contributed by atoms with E-state index in [-0.39, 0.29) is 0 Å². The maximum Gasteiger partial charge on any atom is 0.416 e. The number of amides is 1. The van der Waals surface area contributed by atoms with E-state index in [1.54, 1.807) is 36.4 Å². The standard InChI is InChI=1S/C15H13NO3/c17-14-9-10-5-1-3-7-12(10)16(15(18)19)13-8-4-2-6-11(13)14/h1-8,14,17H,9H2,(H,18,19)/t14-/m0/s1. The molecule has 0 aromatic heterocycles. The van der Waals surface area contributed by atoms with Gasteiger partial charge in [0.2, 0.25) is 0 Å². The van der Waals surface area contributed by atoms with Crippen LogP contribution in [0, 0.1) is 0 Å². The Morgan fingerprint density at radius 1 is 1.05 bits per heavy atom. The van der Waals surface area contributed by atoms with Crippen molar-refractivity contribution in [1.82, 2.24) is 0 Å². The monoisotopic (exact) mass is 255 g/mol. The highest BCUT2D eigenvalue weighted by Gasteiger charge is 2.28. The summed E-state index contributed by atoms with van der Waals surface area (Å²) in [6, 6.07) is 14.3. The third-order valence-electron chi connectivity index (χ3n) is 3.37. The quantitative estimate of drug-likeness (QED) is 0.760. The minimum Gasteiger partial charge on any atom is -0.464 e. The molecular formula is C15H13NO3. The summed E-state index contributed by atoms with van der Waals surface area (Å²) in [7, 11) is 0. The summed E-state index contributed by atoms with van der Waals surface area (Å²) < 4.78 is 0. The summed E-state index contributed by atoms with van der Waals surface area (Å²) in [4.78, 5) is 12.8. The number of nitrogens with zero attached hydrogens (tertiary/aromatic N) is 1. The van der Waals surface area contributed by atoms with Gasteiger partial charge < -0.3 is 10.2 Å². The predicted molar refractivity (Wildman–Crippen MR) is 71.7 cm³/mol. The van der Waals surface area contributed by atoms with Crippen LogP contribution in [0.25, 0.3) is 0 Å². The predicted octanol–water partition coefficient (Wildman–Crippen LogP) is 3.09. The number of aliphatic hydroxyl groups is 1. The molecule has 2 aromatic carbocycles. The second kappa shape index (κ2) is 4.40. The van der Waals surface area contributed by atoms with Crippen LogP contribution in [0.2, 0.25) is 0 Å². The fourth-order valence-electron chi connectivity index (χ4n) is 2.53. The Morgan fingerprint density at radius 2 is 1.68 bits per heavy atom. The van der Waals surface area contributed by atoms with Crippen LogP contribution < -0.4 is 4.90 Å². The number of hydrogen-bond acceptors (Lipinski definition) is 2. The number of fused-ring (bicyclic) bond motifs is 2. The summed E-state index contributed by atoms with van der Waals surface area (Å²) in [5.74, 6) is 0. The number of carbonyl (C=O) groups is 1. The lowest BCUT2D eigenvalue weighted by Gasteiger charge is -2.21. The lowest BCUT2D eigenvalue weighted by atomic mass is 10.0. The number of aliphatic hydroxyl groups excluding tert-OH is 1. The zero-order chi connectivity index (χ0) is 13.4. The second-order valence-corrected chi connectivity index (χ2v) is 4.53. The van der Waals surface area contributed by atoms with Gasteiger partial charge in [-0.15, -0.1) is 0 Å². The van der Waals surface area contributed by atoms with Crippen LogP contribution in [0.1, 0.15) is 17.2 Å². The van der Waals surface area contributed by atoms with E-state index in [0.717, 1.165) is 5.56 Å². The molecule has 1 aliphatic rings. The maximum absolute atomic E-state index is 11.6. The van der Waals surface area contributed by atoms with Crippen LogP contribution in [0.15, 0.2) is 48.5 Å². The van der Waals surface area contributed by atoms with Gasteiger partial charge in [-0.05, 0) is 17.7 Å². The molecule has 0 spiro atoms. The average Bonchev–Trinajstić information content (AvgIpc) is 2.53. The third-order valence-corrected chi connectivity index (χ3v) is 3.37.